The molecule has 3 aromatic rings. The molecule has 0 saturated carbocycles. The van der Waals surface area contributed by atoms with Gasteiger partial charge in [0.05, 0.1) is 17.7 Å². The summed E-state index contributed by atoms with van der Waals surface area (Å²) in [7, 11) is -4.75. The van der Waals surface area contributed by atoms with Gasteiger partial charge in [0, 0.05) is 15.9 Å². The highest BCUT2D eigenvalue weighted by atomic mass is 35.5. The second kappa shape index (κ2) is 12.2. The summed E-state index contributed by atoms with van der Waals surface area (Å²) in [6.45, 7) is 2.31. The van der Waals surface area contributed by atoms with E-state index in [-0.39, 0.29) is 5.56 Å². The van der Waals surface area contributed by atoms with Gasteiger partial charge in [0.1, 0.15) is 0 Å². The summed E-state index contributed by atoms with van der Waals surface area (Å²) < 4.78 is 28.5. The van der Waals surface area contributed by atoms with Crippen LogP contribution in [0.4, 0.5) is 4.79 Å². The molecule has 1 heterocycles. The Kier molecular flexibility index (Phi) is 9.26. The fourth-order valence-electron chi connectivity index (χ4n) is 3.19. The first kappa shape index (κ1) is 27.4. The van der Waals surface area contributed by atoms with E-state index in [0.29, 0.717) is 21.5 Å². The van der Waals surface area contributed by atoms with Gasteiger partial charge in [-0.1, -0.05) is 29.8 Å². The highest BCUT2D eigenvalue weighted by Crippen LogP contribution is 2.58. The number of ether oxygens (including phenoxy) is 2. The number of fused-ring (bicyclic) bond motifs is 1. The number of nitrogens with one attached hydrogen (secondary N) is 1. The van der Waals surface area contributed by atoms with Crippen LogP contribution in [0, 0.1) is 11.3 Å². The molecule has 12 heteroatoms. The molecule has 9 nitrogen and oxygen atoms in total. The molecule has 0 saturated heterocycles. The number of nitriles is 1. The summed E-state index contributed by atoms with van der Waals surface area (Å²) in [5.74, 6) is -0.851. The lowest BCUT2D eigenvalue weighted by molar-refractivity contribution is -0.120. The van der Waals surface area contributed by atoms with Crippen LogP contribution in [0.1, 0.15) is 36.2 Å². The molecular formula is C24H22ClN2O7PS. The van der Waals surface area contributed by atoms with Crippen LogP contribution in [0.5, 0.6) is 0 Å². The first-order valence-corrected chi connectivity index (χ1v) is 13.5. The minimum absolute atomic E-state index is 0.219. The maximum absolute atomic E-state index is 13.3. The number of amides is 1. The number of benzene rings is 2. The van der Waals surface area contributed by atoms with Crippen molar-refractivity contribution >= 4 is 58.8 Å². The van der Waals surface area contributed by atoms with Gasteiger partial charge in [0.2, 0.25) is 12.7 Å². The molecule has 3 rings (SSSR count). The molecule has 1 amide bonds. The normalized spacial score (nSPS) is 13.8. The van der Waals surface area contributed by atoms with E-state index in [0.717, 1.165) is 4.70 Å². The van der Waals surface area contributed by atoms with Crippen LogP contribution in [-0.2, 0) is 23.4 Å². The van der Waals surface area contributed by atoms with Crippen LogP contribution < -0.4 is 5.32 Å². The predicted octanol–water partition coefficient (Wildman–Crippen LogP) is 5.98. The molecule has 0 aliphatic carbocycles. The average Bonchev–Trinajstić information content (AvgIpc) is 3.21. The van der Waals surface area contributed by atoms with Gasteiger partial charge < -0.3 is 19.7 Å². The fraction of sp³-hybridized carbons (Fsp3) is 0.208. The lowest BCUT2D eigenvalue weighted by atomic mass is 10.1. The van der Waals surface area contributed by atoms with Crippen molar-refractivity contribution < 1.29 is 33.0 Å². The van der Waals surface area contributed by atoms with Gasteiger partial charge in [-0.3, -0.25) is 13.9 Å². The van der Waals surface area contributed by atoms with E-state index in [1.54, 1.807) is 61.7 Å². The molecule has 0 radical (unpaired) electrons. The van der Waals surface area contributed by atoms with Crippen molar-refractivity contribution in [1.82, 2.24) is 5.32 Å². The summed E-state index contributed by atoms with van der Waals surface area (Å²) in [5, 5.41) is 14.2. The van der Waals surface area contributed by atoms with Gasteiger partial charge >= 0.3 is 13.8 Å². The summed E-state index contributed by atoms with van der Waals surface area (Å²) in [6, 6.07) is 13.7. The van der Waals surface area contributed by atoms with E-state index < -0.39 is 38.2 Å². The molecular weight excluding hydrogens is 527 g/mol. The zero-order valence-electron chi connectivity index (χ0n) is 19.2. The quantitative estimate of drug-likeness (QED) is 0.189. The van der Waals surface area contributed by atoms with E-state index in [9.17, 15) is 24.3 Å². The number of rotatable bonds is 9. The molecule has 0 fully saturated rings. The van der Waals surface area contributed by atoms with Gasteiger partial charge in [-0.25, -0.2) is 4.79 Å². The Morgan fingerprint density at radius 1 is 1.28 bits per heavy atom. The SMILES string of the molecule is CC(C)OC(=O)OCOP(=O)(O)C(C(=O)NC=Cc1ccccc1C#N)c1csc2ccc(Cl)cc12. The Balaban J connectivity index is 1.88. The molecule has 188 valence electrons. The average molecular weight is 549 g/mol. The van der Waals surface area contributed by atoms with E-state index in [1.165, 1.54) is 23.6 Å². The zero-order chi connectivity index (χ0) is 26.3. The van der Waals surface area contributed by atoms with Crippen LogP contribution in [0.3, 0.4) is 0 Å². The number of hydrogen-bond acceptors (Lipinski definition) is 8. The summed E-state index contributed by atoms with van der Waals surface area (Å²) in [5.41, 5.74) is -0.522. The van der Waals surface area contributed by atoms with E-state index in [2.05, 4.69) is 5.32 Å². The van der Waals surface area contributed by atoms with Gasteiger partial charge in [-0.2, -0.15) is 5.26 Å². The Bertz CT molecular complexity index is 1380. The van der Waals surface area contributed by atoms with Crippen molar-refractivity contribution in [1.29, 1.82) is 5.26 Å². The van der Waals surface area contributed by atoms with Crippen molar-refractivity contribution in [2.24, 2.45) is 0 Å². The lowest BCUT2D eigenvalue weighted by Gasteiger charge is -2.21. The van der Waals surface area contributed by atoms with Crippen LogP contribution in [0.15, 0.2) is 54.0 Å². The van der Waals surface area contributed by atoms with Crippen molar-refractivity contribution in [3.05, 3.63) is 75.8 Å². The number of carbonyl (C=O) groups is 2. The first-order chi connectivity index (χ1) is 17.1. The van der Waals surface area contributed by atoms with E-state index >= 15 is 0 Å². The zero-order valence-corrected chi connectivity index (χ0v) is 21.7. The summed E-state index contributed by atoms with van der Waals surface area (Å²) in [4.78, 5) is 35.6. The molecule has 0 aliphatic rings. The predicted molar refractivity (Wildman–Crippen MR) is 136 cm³/mol. The van der Waals surface area contributed by atoms with E-state index in [1.807, 2.05) is 6.07 Å². The van der Waals surface area contributed by atoms with Crippen LogP contribution in [-0.4, -0.2) is 29.9 Å². The van der Waals surface area contributed by atoms with Crippen LogP contribution in [0.2, 0.25) is 5.02 Å². The highest BCUT2D eigenvalue weighted by Gasteiger charge is 2.41. The molecule has 2 atom stereocenters. The minimum atomic E-state index is -4.75. The van der Waals surface area contributed by atoms with Gasteiger partial charge in [0.15, 0.2) is 5.66 Å². The first-order valence-electron chi connectivity index (χ1n) is 10.6. The molecule has 2 N–H and O–H groups in total. The second-order valence-corrected chi connectivity index (χ2v) is 10.9. The largest absolute Gasteiger partial charge is 0.510 e. The molecule has 0 bridgehead atoms. The maximum Gasteiger partial charge on any atom is 0.510 e. The van der Waals surface area contributed by atoms with Crippen LogP contribution >= 0.6 is 30.5 Å². The van der Waals surface area contributed by atoms with Gasteiger partial charge in [0.25, 0.3) is 0 Å². The van der Waals surface area contributed by atoms with E-state index in [4.69, 9.17) is 25.6 Å². The Morgan fingerprint density at radius 3 is 2.75 bits per heavy atom. The highest BCUT2D eigenvalue weighted by molar-refractivity contribution is 7.54. The Labute approximate surface area is 216 Å². The topological polar surface area (TPSA) is 135 Å². The fourth-order valence-corrected chi connectivity index (χ4v) is 5.71. The van der Waals surface area contributed by atoms with Crippen LogP contribution in [0.25, 0.3) is 16.2 Å². The smallest absolute Gasteiger partial charge is 0.432 e. The monoisotopic (exact) mass is 548 g/mol. The van der Waals surface area contributed by atoms with Gasteiger partial charge in [-0.15, -0.1) is 11.3 Å². The molecule has 2 unspecified atom stereocenters. The number of thiophene rings is 1. The standard InChI is InChI=1S/C24H22ClN2O7PS/c1-15(2)34-24(29)32-14-33-35(30,31)22(20-13-36-21-8-7-18(25)11-19(20)21)23(28)27-10-9-16-5-3-4-6-17(16)12-26/h3-11,13,15,22H,14H2,1-2H3,(H,27,28)(H,30,31). The molecule has 1 aromatic heterocycles. The third-order valence-corrected chi connectivity index (χ3v) is 7.61. The molecule has 2 aromatic carbocycles. The van der Waals surface area contributed by atoms with Crippen molar-refractivity contribution in [2.75, 3.05) is 6.79 Å². The number of halogens is 1. The van der Waals surface area contributed by atoms with Crippen molar-refractivity contribution in [3.8, 4) is 6.07 Å². The molecule has 36 heavy (non-hydrogen) atoms. The second-order valence-electron chi connectivity index (χ2n) is 7.65. The lowest BCUT2D eigenvalue weighted by Crippen LogP contribution is -2.26. The molecule has 0 aliphatic heterocycles. The number of hydrogen-bond donors (Lipinski definition) is 2. The summed E-state index contributed by atoms with van der Waals surface area (Å²) in [6.07, 6.45) is 1.21. The maximum atomic E-state index is 13.3. The third kappa shape index (κ3) is 6.94. The summed E-state index contributed by atoms with van der Waals surface area (Å²) >= 11 is 7.38. The third-order valence-electron chi connectivity index (χ3n) is 4.75. The Hall–Kier alpha value is -3.19. The Morgan fingerprint density at radius 2 is 2.03 bits per heavy atom. The number of nitrogens with zero attached hydrogens (tertiary/aromatic N) is 1. The van der Waals surface area contributed by atoms with Crippen molar-refractivity contribution in [2.45, 2.75) is 25.6 Å². The van der Waals surface area contributed by atoms with Gasteiger partial charge in [-0.05, 0) is 66.1 Å². The minimum Gasteiger partial charge on any atom is -0.432 e. The van der Waals surface area contributed by atoms with Crippen molar-refractivity contribution in [3.63, 3.8) is 0 Å². The number of carbonyl (C=O) groups excluding carboxylic acids is 2. The molecule has 0 spiro atoms.